The summed E-state index contributed by atoms with van der Waals surface area (Å²) in [6, 6.07) is 7.78. The maximum absolute atomic E-state index is 13.3. The summed E-state index contributed by atoms with van der Waals surface area (Å²) in [6.45, 7) is 3.17. The molecule has 1 aromatic heterocycles. The van der Waals surface area contributed by atoms with Gasteiger partial charge in [-0.2, -0.15) is 0 Å². The summed E-state index contributed by atoms with van der Waals surface area (Å²) in [4.78, 5) is 13.3. The van der Waals surface area contributed by atoms with Gasteiger partial charge in [0, 0.05) is 6.07 Å². The van der Waals surface area contributed by atoms with Crippen LogP contribution in [0.1, 0.15) is 19.4 Å². The van der Waals surface area contributed by atoms with Crippen molar-refractivity contribution in [2.24, 2.45) is 0 Å². The Balaban J connectivity index is 1.44. The number of rotatable bonds is 4. The molecule has 5 atom stereocenters. The first kappa shape index (κ1) is 24.3. The maximum Gasteiger partial charge on any atom is 0.229 e. The fraction of sp³-hybridized carbons (Fsp3) is 0.346. The third kappa shape index (κ3) is 4.12. The molecular weight excluding hydrogens is 472 g/mol. The van der Waals surface area contributed by atoms with Gasteiger partial charge in [0.25, 0.3) is 0 Å². The Morgan fingerprint density at radius 3 is 2.47 bits per heavy atom. The Labute approximate surface area is 205 Å². The number of phenolic OH excluding ortho intramolecular Hbond substituents is 1. The summed E-state index contributed by atoms with van der Waals surface area (Å²) in [7, 11) is 0. The Morgan fingerprint density at radius 2 is 1.78 bits per heavy atom. The number of aliphatic hydroxyl groups excluding tert-OH is 4. The van der Waals surface area contributed by atoms with E-state index in [0.717, 1.165) is 0 Å². The molecule has 2 aliphatic heterocycles. The van der Waals surface area contributed by atoms with Crippen LogP contribution in [0.3, 0.4) is 0 Å². The van der Waals surface area contributed by atoms with Crippen LogP contribution in [-0.4, -0.2) is 68.4 Å². The molecule has 10 nitrogen and oxygen atoms in total. The highest BCUT2D eigenvalue weighted by atomic mass is 16.7. The van der Waals surface area contributed by atoms with E-state index in [0.29, 0.717) is 16.9 Å². The van der Waals surface area contributed by atoms with Gasteiger partial charge in [0.1, 0.15) is 64.5 Å². The van der Waals surface area contributed by atoms with Crippen molar-refractivity contribution < 1.29 is 44.2 Å². The molecule has 0 radical (unpaired) electrons. The number of hydrogen-bond acceptors (Lipinski definition) is 10. The predicted molar refractivity (Wildman–Crippen MR) is 128 cm³/mol. The maximum atomic E-state index is 13.3. The summed E-state index contributed by atoms with van der Waals surface area (Å²) < 4.78 is 22.5. The summed E-state index contributed by atoms with van der Waals surface area (Å²) in [5, 5.41) is 50.2. The van der Waals surface area contributed by atoms with Crippen molar-refractivity contribution >= 4 is 17.0 Å². The lowest BCUT2D eigenvalue weighted by molar-refractivity contribution is -0.277. The first-order valence-corrected chi connectivity index (χ1v) is 11.4. The van der Waals surface area contributed by atoms with Crippen molar-refractivity contribution in [3.63, 3.8) is 0 Å². The van der Waals surface area contributed by atoms with Crippen LogP contribution in [0.5, 0.6) is 17.2 Å². The Kier molecular flexibility index (Phi) is 6.01. The highest BCUT2D eigenvalue weighted by Gasteiger charge is 2.44. The van der Waals surface area contributed by atoms with Gasteiger partial charge in [-0.15, -0.1) is 0 Å². The monoisotopic (exact) mass is 498 g/mol. The molecule has 5 rings (SSSR count). The second-order valence-electron chi connectivity index (χ2n) is 9.37. The molecule has 5 unspecified atom stereocenters. The van der Waals surface area contributed by atoms with E-state index in [4.69, 9.17) is 18.6 Å². The van der Waals surface area contributed by atoms with E-state index >= 15 is 0 Å². The average Bonchev–Trinajstić information content (AvgIpc) is 2.84. The second kappa shape index (κ2) is 8.91. The van der Waals surface area contributed by atoms with Crippen LogP contribution < -0.4 is 14.9 Å². The lowest BCUT2D eigenvalue weighted by Crippen LogP contribution is -2.60. The summed E-state index contributed by atoms with van der Waals surface area (Å²) in [6.07, 6.45) is -2.23. The zero-order valence-electron chi connectivity index (χ0n) is 19.5. The minimum absolute atomic E-state index is 0.0286. The van der Waals surface area contributed by atoms with Crippen LogP contribution in [0.2, 0.25) is 0 Å². The molecule has 1 saturated heterocycles. The molecule has 5 N–H and O–H groups in total. The van der Waals surface area contributed by atoms with Crippen molar-refractivity contribution in [1.29, 1.82) is 0 Å². The quantitative estimate of drug-likeness (QED) is 0.357. The SMILES string of the molecule is CC1(C)C=Cc2c(cc3occ(-c4ccc(OC5OC(CO)C(O)C(O)C5O)cc4)c(=O)c3c2O)O1. The number of ether oxygens (including phenoxy) is 3. The van der Waals surface area contributed by atoms with E-state index in [9.17, 15) is 30.3 Å². The van der Waals surface area contributed by atoms with Crippen LogP contribution in [-0.2, 0) is 4.74 Å². The normalized spacial score (nSPS) is 26.9. The van der Waals surface area contributed by atoms with Crippen molar-refractivity contribution in [2.75, 3.05) is 6.61 Å². The van der Waals surface area contributed by atoms with E-state index < -0.39 is 48.3 Å². The molecule has 0 spiro atoms. The predicted octanol–water partition coefficient (Wildman–Crippen LogP) is 1.53. The molecule has 2 aromatic carbocycles. The van der Waals surface area contributed by atoms with Gasteiger partial charge in [0.05, 0.1) is 17.7 Å². The van der Waals surface area contributed by atoms with Gasteiger partial charge in [0.15, 0.2) is 0 Å². The molecule has 3 aromatic rings. The summed E-state index contributed by atoms with van der Waals surface area (Å²) in [5.74, 6) is 0.431. The van der Waals surface area contributed by atoms with Gasteiger partial charge in [-0.1, -0.05) is 12.1 Å². The molecule has 36 heavy (non-hydrogen) atoms. The molecular formula is C26H26O10. The molecule has 0 amide bonds. The van der Waals surface area contributed by atoms with Crippen molar-refractivity contribution in [1.82, 2.24) is 0 Å². The highest BCUT2D eigenvalue weighted by Crippen LogP contribution is 2.41. The van der Waals surface area contributed by atoms with Gasteiger partial charge < -0.3 is 44.2 Å². The first-order chi connectivity index (χ1) is 17.1. The third-order valence-electron chi connectivity index (χ3n) is 6.33. The minimum Gasteiger partial charge on any atom is -0.506 e. The Morgan fingerprint density at radius 1 is 1.06 bits per heavy atom. The van der Waals surface area contributed by atoms with Gasteiger partial charge in [-0.05, 0) is 43.7 Å². The van der Waals surface area contributed by atoms with E-state index in [1.54, 1.807) is 30.4 Å². The van der Waals surface area contributed by atoms with Crippen LogP contribution in [0.15, 0.2) is 51.9 Å². The number of phenols is 1. The molecule has 0 aliphatic carbocycles. The topological polar surface area (TPSA) is 159 Å². The molecule has 10 heteroatoms. The molecule has 2 aliphatic rings. The standard InChI is InChI=1S/C26H26O10/c1-26(2)8-7-14-16(36-26)9-17-19(20(14)28)21(29)15(11-33-17)12-3-5-13(6-4-12)34-25-24(32)23(31)22(30)18(10-27)35-25/h3-9,11,18,22-25,27-28,30-32H,10H2,1-2H3. The summed E-state index contributed by atoms with van der Waals surface area (Å²) in [5.41, 5.74) is 0.280. The van der Waals surface area contributed by atoms with E-state index in [1.165, 1.54) is 18.4 Å². The number of fused-ring (bicyclic) bond motifs is 2. The Hall–Kier alpha value is -3.41. The first-order valence-electron chi connectivity index (χ1n) is 11.4. The largest absolute Gasteiger partial charge is 0.506 e. The van der Waals surface area contributed by atoms with Crippen LogP contribution in [0, 0.1) is 0 Å². The molecule has 190 valence electrons. The lowest BCUT2D eigenvalue weighted by Gasteiger charge is -2.39. The van der Waals surface area contributed by atoms with Crippen molar-refractivity contribution in [2.45, 2.75) is 50.2 Å². The molecule has 0 saturated carbocycles. The number of benzene rings is 2. The third-order valence-corrected chi connectivity index (χ3v) is 6.33. The molecule has 3 heterocycles. The van der Waals surface area contributed by atoms with E-state index in [1.807, 2.05) is 13.8 Å². The van der Waals surface area contributed by atoms with E-state index in [-0.39, 0.29) is 28.0 Å². The number of aliphatic hydroxyl groups is 4. The van der Waals surface area contributed by atoms with E-state index in [2.05, 4.69) is 0 Å². The van der Waals surface area contributed by atoms with Gasteiger partial charge >= 0.3 is 0 Å². The zero-order valence-corrected chi connectivity index (χ0v) is 19.5. The van der Waals surface area contributed by atoms with Crippen LogP contribution in [0.4, 0.5) is 0 Å². The highest BCUT2D eigenvalue weighted by molar-refractivity contribution is 5.93. The average molecular weight is 498 g/mol. The number of hydrogen-bond donors (Lipinski definition) is 5. The lowest BCUT2D eigenvalue weighted by atomic mass is 9.98. The van der Waals surface area contributed by atoms with Crippen LogP contribution in [0.25, 0.3) is 28.2 Å². The van der Waals surface area contributed by atoms with Crippen molar-refractivity contribution in [3.05, 3.63) is 58.5 Å². The van der Waals surface area contributed by atoms with Gasteiger partial charge in [-0.25, -0.2) is 0 Å². The minimum atomic E-state index is -1.56. The molecule has 1 fully saturated rings. The molecule has 0 bridgehead atoms. The Bertz CT molecular complexity index is 1370. The van der Waals surface area contributed by atoms with Gasteiger partial charge in [0.2, 0.25) is 11.7 Å². The van der Waals surface area contributed by atoms with Crippen molar-refractivity contribution in [3.8, 4) is 28.4 Å². The van der Waals surface area contributed by atoms with Crippen LogP contribution >= 0.6 is 0 Å². The number of aromatic hydroxyl groups is 1. The van der Waals surface area contributed by atoms with Gasteiger partial charge in [-0.3, -0.25) is 4.79 Å². The smallest absolute Gasteiger partial charge is 0.229 e. The zero-order chi connectivity index (χ0) is 25.8. The fourth-order valence-corrected chi connectivity index (χ4v) is 4.32. The second-order valence-corrected chi connectivity index (χ2v) is 9.37. The fourth-order valence-electron chi connectivity index (χ4n) is 4.32. The summed E-state index contributed by atoms with van der Waals surface area (Å²) >= 11 is 0.